The lowest BCUT2D eigenvalue weighted by atomic mass is 10.0. The predicted octanol–water partition coefficient (Wildman–Crippen LogP) is 4.54. The smallest absolute Gasteiger partial charge is 0.407 e. The number of hydrogen-bond acceptors (Lipinski definition) is 4. The highest BCUT2D eigenvalue weighted by atomic mass is 79.9. The first-order valence-electron chi connectivity index (χ1n) is 10.1. The van der Waals surface area contributed by atoms with Gasteiger partial charge in [0.25, 0.3) is 0 Å². The third-order valence-corrected chi connectivity index (χ3v) is 5.61. The summed E-state index contributed by atoms with van der Waals surface area (Å²) < 4.78 is 6.55. The number of likely N-dealkylation sites (tertiary alicyclic amines) is 1. The lowest BCUT2D eigenvalue weighted by Gasteiger charge is -2.34. The number of amides is 1. The predicted molar refractivity (Wildman–Crippen MR) is 113 cm³/mol. The van der Waals surface area contributed by atoms with Crippen molar-refractivity contribution in [3.63, 3.8) is 0 Å². The van der Waals surface area contributed by atoms with Crippen molar-refractivity contribution < 1.29 is 9.53 Å². The van der Waals surface area contributed by atoms with E-state index < -0.39 is 5.60 Å². The van der Waals surface area contributed by atoms with Gasteiger partial charge >= 0.3 is 6.09 Å². The van der Waals surface area contributed by atoms with Crippen molar-refractivity contribution >= 4 is 27.7 Å². The minimum absolute atomic E-state index is 0.152. The van der Waals surface area contributed by atoms with Crippen molar-refractivity contribution in [1.29, 1.82) is 0 Å². The highest BCUT2D eigenvalue weighted by Gasteiger charge is 2.25. The van der Waals surface area contributed by atoms with Gasteiger partial charge in [-0.2, -0.15) is 0 Å². The standard InChI is InChI=1S/C21H32BrN3O2/c1-21(2,3)27-20(26)23-18-7-6-10-24(15-18)14-16-8-9-17(22)13-19(16)25-11-4-5-12-25/h8-9,13,18H,4-7,10-12,14-15H2,1-3H3,(H,23,26)/t18-/m1/s1. The number of alkyl carbamates (subject to hydrolysis) is 1. The van der Waals surface area contributed by atoms with Crippen LogP contribution in [0.25, 0.3) is 0 Å². The van der Waals surface area contributed by atoms with Gasteiger partial charge in [-0.1, -0.05) is 22.0 Å². The molecule has 3 rings (SSSR count). The van der Waals surface area contributed by atoms with Gasteiger partial charge in [0.15, 0.2) is 0 Å². The molecule has 1 amide bonds. The van der Waals surface area contributed by atoms with E-state index in [0.717, 1.165) is 50.0 Å². The zero-order valence-electron chi connectivity index (χ0n) is 16.8. The molecule has 0 aromatic heterocycles. The molecular weight excluding hydrogens is 406 g/mol. The summed E-state index contributed by atoms with van der Waals surface area (Å²) in [7, 11) is 0. The van der Waals surface area contributed by atoms with Crippen molar-refractivity contribution in [3.8, 4) is 0 Å². The van der Waals surface area contributed by atoms with E-state index in [1.54, 1.807) is 0 Å². The second-order valence-corrected chi connectivity index (χ2v) is 9.60. The molecule has 27 heavy (non-hydrogen) atoms. The molecule has 1 N–H and O–H groups in total. The van der Waals surface area contributed by atoms with Gasteiger partial charge in [0.1, 0.15) is 5.60 Å². The van der Waals surface area contributed by atoms with Gasteiger partial charge in [0.05, 0.1) is 0 Å². The van der Waals surface area contributed by atoms with E-state index in [1.807, 2.05) is 20.8 Å². The van der Waals surface area contributed by atoms with E-state index >= 15 is 0 Å². The Morgan fingerprint density at radius 2 is 1.96 bits per heavy atom. The molecule has 0 aliphatic carbocycles. The van der Waals surface area contributed by atoms with Crippen LogP contribution in [-0.2, 0) is 11.3 Å². The first kappa shape index (κ1) is 20.5. The van der Waals surface area contributed by atoms with Crippen molar-refractivity contribution in [3.05, 3.63) is 28.2 Å². The van der Waals surface area contributed by atoms with Crippen LogP contribution in [0.5, 0.6) is 0 Å². The Bertz CT molecular complexity index is 653. The largest absolute Gasteiger partial charge is 0.444 e. The summed E-state index contributed by atoms with van der Waals surface area (Å²) >= 11 is 3.63. The minimum atomic E-state index is -0.458. The molecule has 1 atom stereocenters. The molecule has 150 valence electrons. The number of carbonyl (C=O) groups excluding carboxylic acids is 1. The summed E-state index contributed by atoms with van der Waals surface area (Å²) in [4.78, 5) is 17.0. The fourth-order valence-corrected chi connectivity index (χ4v) is 4.30. The summed E-state index contributed by atoms with van der Waals surface area (Å²) in [5, 5.41) is 3.05. The quantitative estimate of drug-likeness (QED) is 0.750. The van der Waals surface area contributed by atoms with Crippen LogP contribution in [0.2, 0.25) is 0 Å². The molecule has 2 saturated heterocycles. The normalized spacial score (nSPS) is 21.3. The molecular formula is C21H32BrN3O2. The number of nitrogens with one attached hydrogen (secondary N) is 1. The molecule has 0 bridgehead atoms. The number of nitrogens with zero attached hydrogens (tertiary/aromatic N) is 2. The Hall–Kier alpha value is -1.27. The van der Waals surface area contributed by atoms with Crippen molar-refractivity contribution in [1.82, 2.24) is 10.2 Å². The van der Waals surface area contributed by atoms with Crippen molar-refractivity contribution in [2.45, 2.75) is 64.6 Å². The number of piperidine rings is 1. The average molecular weight is 438 g/mol. The summed E-state index contributed by atoms with van der Waals surface area (Å²) in [6, 6.07) is 6.78. The van der Waals surface area contributed by atoms with Crippen LogP contribution in [0.4, 0.5) is 10.5 Å². The van der Waals surface area contributed by atoms with Gasteiger partial charge in [0.2, 0.25) is 0 Å². The monoisotopic (exact) mass is 437 g/mol. The molecule has 5 nitrogen and oxygen atoms in total. The van der Waals surface area contributed by atoms with Gasteiger partial charge in [-0.05, 0) is 70.7 Å². The van der Waals surface area contributed by atoms with Crippen LogP contribution in [0.1, 0.15) is 52.0 Å². The molecule has 1 aromatic carbocycles. The fraction of sp³-hybridized carbons (Fsp3) is 0.667. The molecule has 2 aliphatic rings. The van der Waals surface area contributed by atoms with Gasteiger partial charge in [-0.3, -0.25) is 4.90 Å². The fourth-order valence-electron chi connectivity index (χ4n) is 3.96. The number of hydrogen-bond donors (Lipinski definition) is 1. The third-order valence-electron chi connectivity index (χ3n) is 5.11. The Labute approximate surface area is 171 Å². The lowest BCUT2D eigenvalue weighted by Crippen LogP contribution is -2.48. The first-order chi connectivity index (χ1) is 12.8. The van der Waals surface area contributed by atoms with Crippen LogP contribution in [0.3, 0.4) is 0 Å². The summed E-state index contributed by atoms with van der Waals surface area (Å²) in [5.74, 6) is 0. The molecule has 0 spiro atoms. The molecule has 2 fully saturated rings. The number of anilines is 1. The Kier molecular flexibility index (Phi) is 6.69. The van der Waals surface area contributed by atoms with Crippen LogP contribution >= 0.6 is 15.9 Å². The lowest BCUT2D eigenvalue weighted by molar-refractivity contribution is 0.0470. The summed E-state index contributed by atoms with van der Waals surface area (Å²) in [6.07, 6.45) is 4.34. The topological polar surface area (TPSA) is 44.8 Å². The number of halogens is 1. The summed E-state index contributed by atoms with van der Waals surface area (Å²) in [5.41, 5.74) is 2.27. The molecule has 1 aromatic rings. The highest BCUT2D eigenvalue weighted by molar-refractivity contribution is 9.10. The Balaban J connectivity index is 1.61. The number of ether oxygens (including phenoxy) is 1. The minimum Gasteiger partial charge on any atom is -0.444 e. The third kappa shape index (κ3) is 6.11. The molecule has 2 aliphatic heterocycles. The van der Waals surface area contributed by atoms with E-state index in [1.165, 1.54) is 24.1 Å². The molecule has 0 radical (unpaired) electrons. The Morgan fingerprint density at radius 1 is 1.22 bits per heavy atom. The average Bonchev–Trinajstić information content (AvgIpc) is 3.09. The molecule has 0 saturated carbocycles. The van der Waals surface area contributed by atoms with Gasteiger partial charge in [-0.25, -0.2) is 4.79 Å². The zero-order valence-corrected chi connectivity index (χ0v) is 18.3. The van der Waals surface area contributed by atoms with Gasteiger partial charge < -0.3 is 15.0 Å². The molecule has 0 unspecified atom stereocenters. The number of carbonyl (C=O) groups is 1. The summed E-state index contributed by atoms with van der Waals surface area (Å²) in [6.45, 7) is 10.8. The van der Waals surface area contributed by atoms with Crippen LogP contribution < -0.4 is 10.2 Å². The molecule has 6 heteroatoms. The second kappa shape index (κ2) is 8.82. The van der Waals surface area contributed by atoms with Gasteiger partial charge in [-0.15, -0.1) is 0 Å². The highest BCUT2D eigenvalue weighted by Crippen LogP contribution is 2.29. The zero-order chi connectivity index (χ0) is 19.4. The van der Waals surface area contributed by atoms with Crippen LogP contribution in [0.15, 0.2) is 22.7 Å². The van der Waals surface area contributed by atoms with E-state index in [-0.39, 0.29) is 12.1 Å². The maximum absolute atomic E-state index is 12.1. The number of benzene rings is 1. The van der Waals surface area contributed by atoms with E-state index in [2.05, 4.69) is 49.2 Å². The van der Waals surface area contributed by atoms with Crippen molar-refractivity contribution in [2.24, 2.45) is 0 Å². The second-order valence-electron chi connectivity index (χ2n) is 8.69. The Morgan fingerprint density at radius 3 is 2.67 bits per heavy atom. The maximum Gasteiger partial charge on any atom is 0.407 e. The molecule has 2 heterocycles. The van der Waals surface area contributed by atoms with Crippen LogP contribution in [-0.4, -0.2) is 48.8 Å². The maximum atomic E-state index is 12.1. The van der Waals surface area contributed by atoms with Crippen molar-refractivity contribution in [2.75, 3.05) is 31.1 Å². The SMILES string of the molecule is CC(C)(C)OC(=O)N[C@@H]1CCCN(Cc2ccc(Br)cc2N2CCCC2)C1. The van der Waals surface area contributed by atoms with E-state index in [4.69, 9.17) is 4.74 Å². The number of rotatable bonds is 4. The first-order valence-corrected chi connectivity index (χ1v) is 10.8. The van der Waals surface area contributed by atoms with E-state index in [0.29, 0.717) is 0 Å². The van der Waals surface area contributed by atoms with Crippen LogP contribution in [0, 0.1) is 0 Å². The van der Waals surface area contributed by atoms with E-state index in [9.17, 15) is 4.79 Å². The van der Waals surface area contributed by atoms with Gasteiger partial charge in [0, 0.05) is 42.4 Å².